The third kappa shape index (κ3) is 2.40. The maximum atomic E-state index is 12.2. The topological polar surface area (TPSA) is 61.0 Å². The molecule has 1 saturated heterocycles. The normalized spacial score (nSPS) is 20.4. The highest BCUT2D eigenvalue weighted by molar-refractivity contribution is 7.98. The van der Waals surface area contributed by atoms with E-state index in [1.165, 1.54) is 6.42 Å². The number of nitrogens with one attached hydrogen (secondary N) is 2. The summed E-state index contributed by atoms with van der Waals surface area (Å²) < 4.78 is 0. The van der Waals surface area contributed by atoms with Gasteiger partial charge in [-0.1, -0.05) is 6.42 Å². The van der Waals surface area contributed by atoms with Gasteiger partial charge in [-0.3, -0.25) is 15.3 Å². The molecular weight excluding hydrogens is 248 g/mol. The second-order valence-corrected chi connectivity index (χ2v) is 5.93. The fraction of sp³-hybridized carbons (Fsp3) is 0.667. The summed E-state index contributed by atoms with van der Waals surface area (Å²) in [5, 5.41) is 9.20. The molecule has 0 aromatic carbocycles. The third-order valence-electron chi connectivity index (χ3n) is 3.53. The highest BCUT2D eigenvalue weighted by Gasteiger charge is 2.23. The summed E-state index contributed by atoms with van der Waals surface area (Å²) in [7, 11) is 0. The summed E-state index contributed by atoms with van der Waals surface area (Å²) in [6.45, 7) is 1.90. The Balaban J connectivity index is 1.70. The summed E-state index contributed by atoms with van der Waals surface area (Å²) in [6.07, 6.45) is 4.58. The number of fused-ring (bicyclic) bond motifs is 1. The first kappa shape index (κ1) is 12.0. The Morgan fingerprint density at radius 3 is 3.00 bits per heavy atom. The van der Waals surface area contributed by atoms with Gasteiger partial charge in [-0.25, -0.2) is 5.01 Å². The number of H-pyrrole nitrogens is 1. The van der Waals surface area contributed by atoms with Gasteiger partial charge in [0, 0.05) is 30.1 Å². The number of aryl methyl sites for hydroxylation is 1. The lowest BCUT2D eigenvalue weighted by Gasteiger charge is -2.26. The molecule has 0 atom stereocenters. The molecule has 2 aliphatic heterocycles. The lowest BCUT2D eigenvalue weighted by molar-refractivity contribution is 0.0744. The Morgan fingerprint density at radius 1 is 1.33 bits per heavy atom. The molecule has 98 valence electrons. The fourth-order valence-corrected chi connectivity index (χ4v) is 3.51. The molecule has 5 nitrogen and oxygen atoms in total. The quantitative estimate of drug-likeness (QED) is 0.848. The van der Waals surface area contributed by atoms with E-state index in [-0.39, 0.29) is 5.91 Å². The summed E-state index contributed by atoms with van der Waals surface area (Å²) in [4.78, 5) is 12.2. The second kappa shape index (κ2) is 5.32. The van der Waals surface area contributed by atoms with Crippen LogP contribution < -0.4 is 5.43 Å². The molecular formula is C12H18N4OS. The lowest BCUT2D eigenvalue weighted by atomic mass is 10.1. The number of hydrazine groups is 1. The van der Waals surface area contributed by atoms with E-state index in [1.54, 1.807) is 0 Å². The van der Waals surface area contributed by atoms with Crippen molar-refractivity contribution >= 4 is 17.7 Å². The van der Waals surface area contributed by atoms with Gasteiger partial charge in [0.15, 0.2) is 5.69 Å². The first-order valence-electron chi connectivity index (χ1n) is 6.54. The number of carbonyl (C=O) groups is 1. The number of carbonyl (C=O) groups excluding carboxylic acids is 1. The van der Waals surface area contributed by atoms with Gasteiger partial charge < -0.3 is 0 Å². The molecule has 2 aliphatic rings. The highest BCUT2D eigenvalue weighted by atomic mass is 32.2. The number of piperidine rings is 1. The van der Waals surface area contributed by atoms with Crippen LogP contribution in [-0.4, -0.2) is 40.0 Å². The number of nitrogens with zero attached hydrogens (tertiary/aromatic N) is 2. The highest BCUT2D eigenvalue weighted by Crippen LogP contribution is 2.25. The smallest absolute Gasteiger partial charge is 0.283 e. The van der Waals surface area contributed by atoms with Gasteiger partial charge in [-0.15, -0.1) is 0 Å². The van der Waals surface area contributed by atoms with Gasteiger partial charge in [-0.2, -0.15) is 16.9 Å². The van der Waals surface area contributed by atoms with Crippen LogP contribution in [0.15, 0.2) is 0 Å². The Hall–Kier alpha value is -1.01. The van der Waals surface area contributed by atoms with Crippen LogP contribution in [0.4, 0.5) is 0 Å². The number of aromatic amines is 1. The molecule has 1 aromatic rings. The molecule has 2 N–H and O–H groups in total. The Morgan fingerprint density at radius 2 is 2.17 bits per heavy atom. The van der Waals surface area contributed by atoms with Crippen LogP contribution in [0.3, 0.4) is 0 Å². The van der Waals surface area contributed by atoms with Gasteiger partial charge in [0.05, 0.1) is 0 Å². The third-order valence-corrected chi connectivity index (χ3v) is 4.51. The van der Waals surface area contributed by atoms with E-state index in [0.29, 0.717) is 5.69 Å². The summed E-state index contributed by atoms with van der Waals surface area (Å²) in [5.74, 6) is 1.95. The number of amides is 1. The van der Waals surface area contributed by atoms with Crippen molar-refractivity contribution in [2.24, 2.45) is 0 Å². The van der Waals surface area contributed by atoms with E-state index >= 15 is 0 Å². The number of aromatic nitrogens is 2. The molecule has 1 fully saturated rings. The van der Waals surface area contributed by atoms with Gasteiger partial charge in [0.1, 0.15) is 0 Å². The monoisotopic (exact) mass is 266 g/mol. The number of hydrogen-bond donors (Lipinski definition) is 2. The van der Waals surface area contributed by atoms with E-state index in [1.807, 2.05) is 16.8 Å². The zero-order valence-electron chi connectivity index (χ0n) is 10.4. The van der Waals surface area contributed by atoms with E-state index in [0.717, 1.165) is 55.1 Å². The van der Waals surface area contributed by atoms with Crippen molar-refractivity contribution in [1.82, 2.24) is 20.6 Å². The van der Waals surface area contributed by atoms with Crippen molar-refractivity contribution in [2.75, 3.05) is 18.8 Å². The minimum atomic E-state index is -0.0584. The molecule has 6 heteroatoms. The molecule has 0 radical (unpaired) electrons. The van der Waals surface area contributed by atoms with Crippen molar-refractivity contribution in [3.8, 4) is 0 Å². The van der Waals surface area contributed by atoms with Crippen LogP contribution >= 0.6 is 11.8 Å². The van der Waals surface area contributed by atoms with Crippen LogP contribution in [0.25, 0.3) is 0 Å². The Bertz CT molecular complexity index is 439. The summed E-state index contributed by atoms with van der Waals surface area (Å²) in [6, 6.07) is 0. The predicted molar refractivity (Wildman–Crippen MR) is 71.3 cm³/mol. The minimum Gasteiger partial charge on any atom is -0.283 e. The van der Waals surface area contributed by atoms with E-state index in [4.69, 9.17) is 0 Å². The van der Waals surface area contributed by atoms with Gasteiger partial charge in [0.25, 0.3) is 5.91 Å². The lowest BCUT2D eigenvalue weighted by Crippen LogP contribution is -2.45. The standard InChI is InChI=1S/C12H18N4OS/c17-12(15-16-5-2-1-3-6-16)11-9-8-18-7-4-10(9)13-14-11/h1-8H2,(H,13,14)(H,15,17). The zero-order chi connectivity index (χ0) is 12.4. The first-order chi connectivity index (χ1) is 8.84. The fourth-order valence-electron chi connectivity index (χ4n) is 2.50. The van der Waals surface area contributed by atoms with E-state index < -0.39 is 0 Å². The zero-order valence-corrected chi connectivity index (χ0v) is 11.2. The number of rotatable bonds is 2. The first-order valence-corrected chi connectivity index (χ1v) is 7.70. The minimum absolute atomic E-state index is 0.0584. The molecule has 0 saturated carbocycles. The van der Waals surface area contributed by atoms with Crippen molar-refractivity contribution in [3.05, 3.63) is 17.0 Å². The second-order valence-electron chi connectivity index (χ2n) is 4.82. The molecule has 0 aliphatic carbocycles. The molecule has 3 rings (SSSR count). The van der Waals surface area contributed by atoms with Crippen LogP contribution in [0.1, 0.15) is 41.0 Å². The molecule has 1 amide bonds. The predicted octanol–water partition coefficient (Wildman–Crippen LogP) is 1.33. The van der Waals surface area contributed by atoms with Crippen molar-refractivity contribution in [3.63, 3.8) is 0 Å². The molecule has 1 aromatic heterocycles. The van der Waals surface area contributed by atoms with Crippen molar-refractivity contribution in [2.45, 2.75) is 31.4 Å². The number of hydrogen-bond acceptors (Lipinski definition) is 4. The molecule has 0 bridgehead atoms. The van der Waals surface area contributed by atoms with Gasteiger partial charge >= 0.3 is 0 Å². The maximum Gasteiger partial charge on any atom is 0.286 e. The largest absolute Gasteiger partial charge is 0.286 e. The summed E-state index contributed by atoms with van der Waals surface area (Å²) in [5.41, 5.74) is 5.79. The average Bonchev–Trinajstić information content (AvgIpc) is 2.84. The van der Waals surface area contributed by atoms with Crippen LogP contribution in [0, 0.1) is 0 Å². The van der Waals surface area contributed by atoms with Crippen LogP contribution in [0.5, 0.6) is 0 Å². The van der Waals surface area contributed by atoms with Gasteiger partial charge in [-0.05, 0) is 25.0 Å². The molecule has 18 heavy (non-hydrogen) atoms. The van der Waals surface area contributed by atoms with Crippen molar-refractivity contribution < 1.29 is 4.79 Å². The Kier molecular flexibility index (Phi) is 3.56. The SMILES string of the molecule is O=C(NN1CCCCC1)c1n[nH]c2c1CSCC2. The van der Waals surface area contributed by atoms with Crippen LogP contribution in [0.2, 0.25) is 0 Å². The van der Waals surface area contributed by atoms with Crippen molar-refractivity contribution in [1.29, 1.82) is 0 Å². The maximum absolute atomic E-state index is 12.2. The Labute approximate surface area is 111 Å². The average molecular weight is 266 g/mol. The molecule has 0 unspecified atom stereocenters. The molecule has 0 spiro atoms. The summed E-state index contributed by atoms with van der Waals surface area (Å²) >= 11 is 1.87. The number of thioether (sulfide) groups is 1. The van der Waals surface area contributed by atoms with Crippen LogP contribution in [-0.2, 0) is 12.2 Å². The molecule has 3 heterocycles. The van der Waals surface area contributed by atoms with E-state index in [2.05, 4.69) is 15.6 Å². The van der Waals surface area contributed by atoms with Gasteiger partial charge in [0.2, 0.25) is 0 Å². The van der Waals surface area contributed by atoms with E-state index in [9.17, 15) is 4.79 Å².